The van der Waals surface area contributed by atoms with Gasteiger partial charge in [-0.25, -0.2) is 4.79 Å². The van der Waals surface area contributed by atoms with Crippen LogP contribution in [0.25, 0.3) is 0 Å². The first-order valence-corrected chi connectivity index (χ1v) is 4.72. The van der Waals surface area contributed by atoms with E-state index in [9.17, 15) is 4.79 Å². The third-order valence-corrected chi connectivity index (χ3v) is 2.08. The van der Waals surface area contributed by atoms with Crippen LogP contribution in [-0.2, 0) is 4.79 Å². The Morgan fingerprint density at radius 3 is 1.62 bits per heavy atom. The molecule has 0 fully saturated rings. The smallest absolute Gasteiger partial charge is 0.335 e. The lowest BCUT2D eigenvalue weighted by molar-refractivity contribution is -0.156. The van der Waals surface area contributed by atoms with Gasteiger partial charge in [0.25, 0.3) is 0 Å². The highest BCUT2D eigenvalue weighted by Crippen LogP contribution is 2.06. The number of carbonyl (C=O) groups is 1. The second-order valence-electron chi connectivity index (χ2n) is 3.67. The van der Waals surface area contributed by atoms with E-state index >= 15 is 0 Å². The molecule has 1 unspecified atom stereocenters. The van der Waals surface area contributed by atoms with Gasteiger partial charge in [-0.2, -0.15) is 18.8 Å². The van der Waals surface area contributed by atoms with E-state index < -0.39 is 17.2 Å². The second kappa shape index (κ2) is 8.39. The first-order chi connectivity index (χ1) is 6.63. The van der Waals surface area contributed by atoms with Crippen LogP contribution in [0.2, 0.25) is 0 Å². The lowest BCUT2D eigenvalue weighted by Gasteiger charge is -2.13. The molecule has 0 saturated heterocycles. The molecule has 0 aromatic carbocycles. The number of hydrogen-bond donors (Lipinski definition) is 3. The molecule has 0 bridgehead atoms. The fourth-order valence-corrected chi connectivity index (χ4v) is 0.230. The van der Waals surface area contributed by atoms with E-state index in [2.05, 4.69) is 0 Å². The zero-order chi connectivity index (χ0) is 12.7. The number of aliphatic hydroxyl groups is 2. The topological polar surface area (TPSA) is 102 Å². The fourth-order valence-electron chi connectivity index (χ4n) is 0.230. The van der Waals surface area contributed by atoms with Gasteiger partial charge in [-0.3, -0.25) is 0 Å². The van der Waals surface area contributed by atoms with Crippen LogP contribution in [0.3, 0.4) is 0 Å². The highest BCUT2D eigenvalue weighted by atomic mass is 32.1. The van der Waals surface area contributed by atoms with Gasteiger partial charge in [0.2, 0.25) is 0 Å². The zero-order valence-corrected chi connectivity index (χ0v) is 11.1. The van der Waals surface area contributed by atoms with Crippen molar-refractivity contribution in [1.29, 1.82) is 5.26 Å². The minimum atomic E-state index is -1.54. The van der Waals surface area contributed by atoms with Gasteiger partial charge in [0, 0.05) is 0 Å². The standard InChI is InChI=1S/C5H9NO.C5H10O3.H2S/c1-3-5(2,7)4-6;1-3-5(2,8)4(6)7;/h7H,3H2,1-2H3;8H,3H2,1-2H3,(H,6,7);1H2/t;5-;/m.0./s1. The Bertz CT molecular complexity index is 246. The number of carboxylic acid groups (broad SMARTS) is 1. The van der Waals surface area contributed by atoms with E-state index in [-0.39, 0.29) is 19.9 Å². The van der Waals surface area contributed by atoms with Gasteiger partial charge in [0.15, 0.2) is 5.60 Å². The van der Waals surface area contributed by atoms with Gasteiger partial charge < -0.3 is 15.3 Å². The van der Waals surface area contributed by atoms with Crippen LogP contribution in [-0.4, -0.2) is 32.5 Å². The molecule has 0 aromatic heterocycles. The summed E-state index contributed by atoms with van der Waals surface area (Å²) in [5, 5.41) is 33.9. The summed E-state index contributed by atoms with van der Waals surface area (Å²) in [5.74, 6) is -1.17. The van der Waals surface area contributed by atoms with Gasteiger partial charge in [-0.05, 0) is 26.7 Å². The second-order valence-corrected chi connectivity index (χ2v) is 3.67. The van der Waals surface area contributed by atoms with Crippen molar-refractivity contribution < 1.29 is 20.1 Å². The number of carboxylic acids is 1. The number of aliphatic carboxylic acids is 1. The summed E-state index contributed by atoms with van der Waals surface area (Å²) in [4.78, 5) is 10.0. The maximum atomic E-state index is 10.0. The lowest BCUT2D eigenvalue weighted by Crippen LogP contribution is -2.33. The summed E-state index contributed by atoms with van der Waals surface area (Å²) in [7, 11) is 0. The molecule has 0 aromatic rings. The van der Waals surface area contributed by atoms with E-state index in [1.807, 2.05) is 0 Å². The molecule has 0 aliphatic rings. The van der Waals surface area contributed by atoms with Crippen molar-refractivity contribution in [3.8, 4) is 6.07 Å². The Morgan fingerprint density at radius 2 is 1.62 bits per heavy atom. The van der Waals surface area contributed by atoms with Crippen molar-refractivity contribution in [2.45, 2.75) is 51.7 Å². The van der Waals surface area contributed by atoms with E-state index in [0.717, 1.165) is 0 Å². The van der Waals surface area contributed by atoms with Crippen LogP contribution in [0.15, 0.2) is 0 Å². The average molecular weight is 251 g/mol. The third kappa shape index (κ3) is 9.77. The molecule has 0 aliphatic carbocycles. The predicted octanol–water partition coefficient (Wildman–Crippen LogP) is 1.02. The summed E-state index contributed by atoms with van der Waals surface area (Å²) in [6, 6.07) is 1.75. The van der Waals surface area contributed by atoms with Crippen molar-refractivity contribution in [3.05, 3.63) is 0 Å². The Balaban J connectivity index is -0.000000200. The number of nitriles is 1. The first-order valence-electron chi connectivity index (χ1n) is 4.72. The van der Waals surface area contributed by atoms with Crippen LogP contribution in [0.4, 0.5) is 0 Å². The molecule has 0 rings (SSSR count). The minimum absolute atomic E-state index is 0. The van der Waals surface area contributed by atoms with E-state index in [1.54, 1.807) is 19.9 Å². The Hall–Kier alpha value is -0.770. The average Bonchev–Trinajstić information content (AvgIpc) is 2.18. The quantitative estimate of drug-likeness (QED) is 0.650. The monoisotopic (exact) mass is 251 g/mol. The van der Waals surface area contributed by atoms with Gasteiger partial charge >= 0.3 is 5.97 Å². The van der Waals surface area contributed by atoms with E-state index in [1.165, 1.54) is 13.8 Å². The summed E-state index contributed by atoms with van der Waals surface area (Å²) < 4.78 is 0. The molecule has 16 heavy (non-hydrogen) atoms. The largest absolute Gasteiger partial charge is 0.479 e. The summed E-state index contributed by atoms with van der Waals surface area (Å²) in [5.41, 5.74) is -2.65. The maximum Gasteiger partial charge on any atom is 0.335 e. The van der Waals surface area contributed by atoms with Gasteiger partial charge in [0.1, 0.15) is 5.60 Å². The molecule has 0 spiro atoms. The lowest BCUT2D eigenvalue weighted by atomic mass is 10.1. The minimum Gasteiger partial charge on any atom is -0.479 e. The number of nitrogens with zero attached hydrogens (tertiary/aromatic N) is 1. The number of rotatable bonds is 3. The van der Waals surface area contributed by atoms with Gasteiger partial charge in [0.05, 0.1) is 6.07 Å². The molecule has 0 radical (unpaired) electrons. The normalized spacial score (nSPS) is 16.3. The van der Waals surface area contributed by atoms with Crippen molar-refractivity contribution in [1.82, 2.24) is 0 Å². The molecule has 0 aliphatic heterocycles. The van der Waals surface area contributed by atoms with Gasteiger partial charge in [-0.15, -0.1) is 0 Å². The molecule has 3 N–H and O–H groups in total. The highest BCUT2D eigenvalue weighted by Gasteiger charge is 2.26. The first kappa shape index (κ1) is 20.6. The van der Waals surface area contributed by atoms with E-state index in [4.69, 9.17) is 20.6 Å². The molecule has 2 atom stereocenters. The van der Waals surface area contributed by atoms with E-state index in [0.29, 0.717) is 6.42 Å². The third-order valence-electron chi connectivity index (χ3n) is 2.08. The van der Waals surface area contributed by atoms with Crippen molar-refractivity contribution in [3.63, 3.8) is 0 Å². The SMILES string of the molecule is CCC(C)(O)C#N.CC[C@](C)(O)C(=O)O.S. The Morgan fingerprint density at radius 1 is 1.25 bits per heavy atom. The molecule has 0 heterocycles. The molecule has 0 amide bonds. The van der Waals surface area contributed by atoms with Crippen molar-refractivity contribution >= 4 is 19.5 Å². The summed E-state index contributed by atoms with van der Waals surface area (Å²) in [6.07, 6.45) is 0.728. The van der Waals surface area contributed by atoms with Crippen molar-refractivity contribution in [2.75, 3.05) is 0 Å². The molecular weight excluding hydrogens is 230 g/mol. The molecule has 96 valence electrons. The molecule has 0 saturated carbocycles. The molecular formula is C10H21NO4S. The number of hydrogen-bond acceptors (Lipinski definition) is 4. The molecule has 6 heteroatoms. The summed E-state index contributed by atoms with van der Waals surface area (Å²) >= 11 is 0. The van der Waals surface area contributed by atoms with Gasteiger partial charge in [-0.1, -0.05) is 13.8 Å². The van der Waals surface area contributed by atoms with Crippen molar-refractivity contribution in [2.24, 2.45) is 0 Å². The van der Waals surface area contributed by atoms with Crippen LogP contribution < -0.4 is 0 Å². The van der Waals surface area contributed by atoms with Crippen LogP contribution in [0.1, 0.15) is 40.5 Å². The van der Waals surface area contributed by atoms with Crippen LogP contribution in [0.5, 0.6) is 0 Å². The Kier molecular flexibility index (Phi) is 10.8. The zero-order valence-electron chi connectivity index (χ0n) is 10.1. The van der Waals surface area contributed by atoms with Crippen LogP contribution >= 0.6 is 13.5 Å². The predicted molar refractivity (Wildman–Crippen MR) is 65.5 cm³/mol. The molecule has 5 nitrogen and oxygen atoms in total. The maximum absolute atomic E-state index is 10.0. The fraction of sp³-hybridized carbons (Fsp3) is 0.800. The summed E-state index contributed by atoms with van der Waals surface area (Å²) in [6.45, 7) is 6.15. The highest BCUT2D eigenvalue weighted by molar-refractivity contribution is 7.59. The van der Waals surface area contributed by atoms with Crippen LogP contribution in [0, 0.1) is 11.3 Å². The Labute approximate surface area is 103 Å².